The molecule has 1 atom stereocenters. The first-order chi connectivity index (χ1) is 18.5. The third-order valence-corrected chi connectivity index (χ3v) is 6.17. The van der Waals surface area contributed by atoms with Gasteiger partial charge in [-0.2, -0.15) is 0 Å². The Morgan fingerprint density at radius 3 is 2.38 bits per heavy atom. The van der Waals surface area contributed by atoms with Gasteiger partial charge in [-0.3, -0.25) is 9.59 Å². The standard InChI is InChI=1S/C30H35NO8/c1-5-6-10-16-30(28(35)36,27(34)31-17-15-20-11-8-7-9-12-20)24(26(33)39-29(2,3)4)25(32)21-13-14-22-23(18-21)38-19-37-22/h5,7-9,11-14,18,32H,1,6,10,15-17,19H2,2-4H3,(H,31,34)(H,35,36)/b25-24-. The number of nitrogens with one attached hydrogen (secondary N) is 1. The number of aliphatic hydroxyl groups is 1. The number of unbranched alkanes of at least 4 members (excludes halogenated alkanes) is 1. The molecule has 0 saturated carbocycles. The fourth-order valence-electron chi connectivity index (χ4n) is 4.28. The summed E-state index contributed by atoms with van der Waals surface area (Å²) in [6.07, 6.45) is 2.35. The molecule has 0 spiro atoms. The van der Waals surface area contributed by atoms with E-state index in [4.69, 9.17) is 14.2 Å². The van der Waals surface area contributed by atoms with E-state index < -0.39 is 40.2 Å². The van der Waals surface area contributed by atoms with Crippen molar-refractivity contribution in [1.29, 1.82) is 0 Å². The minimum Gasteiger partial charge on any atom is -0.507 e. The minimum atomic E-state index is -2.46. The Bertz CT molecular complexity index is 1250. The van der Waals surface area contributed by atoms with Gasteiger partial charge in [0, 0.05) is 12.1 Å². The third-order valence-electron chi connectivity index (χ3n) is 6.17. The molecule has 208 valence electrons. The first-order valence-corrected chi connectivity index (χ1v) is 12.7. The molecule has 0 aromatic heterocycles. The predicted molar refractivity (Wildman–Crippen MR) is 145 cm³/mol. The lowest BCUT2D eigenvalue weighted by Gasteiger charge is -2.32. The molecule has 0 bridgehead atoms. The largest absolute Gasteiger partial charge is 0.507 e. The molecule has 0 aliphatic carbocycles. The van der Waals surface area contributed by atoms with E-state index >= 15 is 0 Å². The highest BCUT2D eigenvalue weighted by atomic mass is 16.7. The fraction of sp³-hybridized carbons (Fsp3) is 0.367. The van der Waals surface area contributed by atoms with Gasteiger partial charge < -0.3 is 29.7 Å². The number of aliphatic hydroxyl groups excluding tert-OH is 1. The first kappa shape index (κ1) is 29.3. The quantitative estimate of drug-likeness (QED) is 0.0878. The van der Waals surface area contributed by atoms with Gasteiger partial charge in [0.1, 0.15) is 16.9 Å². The molecule has 1 aliphatic rings. The summed E-state index contributed by atoms with van der Waals surface area (Å²) in [5, 5.41) is 24.8. The normalized spacial score (nSPS) is 14.5. The molecule has 1 aliphatic heterocycles. The van der Waals surface area contributed by atoms with Crippen LogP contribution in [0.25, 0.3) is 5.76 Å². The van der Waals surface area contributed by atoms with Crippen LogP contribution in [-0.4, -0.2) is 47.0 Å². The monoisotopic (exact) mass is 537 g/mol. The van der Waals surface area contributed by atoms with Crippen LogP contribution in [0.15, 0.2) is 66.8 Å². The van der Waals surface area contributed by atoms with Crippen molar-refractivity contribution in [2.45, 2.75) is 52.1 Å². The number of hydrogen-bond donors (Lipinski definition) is 3. The third kappa shape index (κ3) is 6.98. The molecule has 0 fully saturated rings. The van der Waals surface area contributed by atoms with Crippen LogP contribution in [0.5, 0.6) is 11.5 Å². The number of esters is 1. The van der Waals surface area contributed by atoms with E-state index in [2.05, 4.69) is 11.9 Å². The van der Waals surface area contributed by atoms with E-state index in [9.17, 15) is 24.6 Å². The van der Waals surface area contributed by atoms with Crippen molar-refractivity contribution in [3.63, 3.8) is 0 Å². The molecule has 0 saturated heterocycles. The molecule has 1 heterocycles. The lowest BCUT2D eigenvalue weighted by atomic mass is 9.73. The number of carbonyl (C=O) groups excluding carboxylic acids is 2. The second kappa shape index (κ2) is 12.5. The van der Waals surface area contributed by atoms with E-state index in [1.54, 1.807) is 26.8 Å². The van der Waals surface area contributed by atoms with E-state index in [0.717, 1.165) is 5.56 Å². The Balaban J connectivity index is 2.14. The summed E-state index contributed by atoms with van der Waals surface area (Å²) in [4.78, 5) is 40.5. The summed E-state index contributed by atoms with van der Waals surface area (Å²) >= 11 is 0. The molecule has 9 heteroatoms. The number of fused-ring (bicyclic) bond motifs is 1. The van der Waals surface area contributed by atoms with Crippen molar-refractivity contribution in [3.8, 4) is 11.5 Å². The molecule has 39 heavy (non-hydrogen) atoms. The molecule has 3 N–H and O–H groups in total. The molecule has 3 rings (SSSR count). The number of carboxylic acid groups (broad SMARTS) is 1. The van der Waals surface area contributed by atoms with Crippen LogP contribution in [0.4, 0.5) is 0 Å². The zero-order valence-corrected chi connectivity index (χ0v) is 22.5. The second-order valence-corrected chi connectivity index (χ2v) is 10.2. The van der Waals surface area contributed by atoms with Crippen molar-refractivity contribution in [3.05, 3.63) is 77.9 Å². The smallest absolute Gasteiger partial charge is 0.340 e. The predicted octanol–water partition coefficient (Wildman–Crippen LogP) is 4.81. The number of amides is 1. The van der Waals surface area contributed by atoms with Gasteiger partial charge in [-0.15, -0.1) is 6.58 Å². The molecule has 9 nitrogen and oxygen atoms in total. The number of carbonyl (C=O) groups is 3. The molecule has 1 amide bonds. The van der Waals surface area contributed by atoms with Crippen LogP contribution < -0.4 is 14.8 Å². The van der Waals surface area contributed by atoms with Crippen LogP contribution in [0.3, 0.4) is 0 Å². The summed E-state index contributed by atoms with van der Waals surface area (Å²) < 4.78 is 16.2. The van der Waals surface area contributed by atoms with Crippen LogP contribution in [0.1, 0.15) is 51.2 Å². The maximum Gasteiger partial charge on any atom is 0.340 e. The molecule has 2 aromatic rings. The summed E-state index contributed by atoms with van der Waals surface area (Å²) in [7, 11) is 0. The molecular formula is C30H35NO8. The van der Waals surface area contributed by atoms with Gasteiger partial charge in [0.15, 0.2) is 16.9 Å². The van der Waals surface area contributed by atoms with Crippen molar-refractivity contribution < 1.29 is 38.8 Å². The topological polar surface area (TPSA) is 131 Å². The molecular weight excluding hydrogens is 502 g/mol. The number of aliphatic carboxylic acids is 1. The maximum atomic E-state index is 13.8. The summed E-state index contributed by atoms with van der Waals surface area (Å²) in [6, 6.07) is 13.8. The van der Waals surface area contributed by atoms with Crippen molar-refractivity contribution in [1.82, 2.24) is 5.32 Å². The number of carboxylic acids is 1. The van der Waals surface area contributed by atoms with E-state index in [1.165, 1.54) is 18.2 Å². The van der Waals surface area contributed by atoms with Crippen LogP contribution in [0, 0.1) is 5.41 Å². The van der Waals surface area contributed by atoms with E-state index in [-0.39, 0.29) is 31.7 Å². The van der Waals surface area contributed by atoms with Gasteiger partial charge in [0.05, 0.1) is 0 Å². The van der Waals surface area contributed by atoms with Crippen LogP contribution in [-0.2, 0) is 25.5 Å². The molecule has 2 aromatic carbocycles. The van der Waals surface area contributed by atoms with Crippen LogP contribution >= 0.6 is 0 Å². The molecule has 1 unspecified atom stereocenters. The second-order valence-electron chi connectivity index (χ2n) is 10.2. The van der Waals surface area contributed by atoms with Gasteiger partial charge in [-0.25, -0.2) is 4.79 Å². The highest BCUT2D eigenvalue weighted by molar-refractivity contribution is 6.15. The van der Waals surface area contributed by atoms with Gasteiger partial charge in [0.2, 0.25) is 12.7 Å². The Hall–Kier alpha value is -4.27. The number of rotatable bonds is 12. The SMILES string of the molecule is C=CCCCC(C(=O)O)(C(=O)NCCc1ccccc1)/C(C(=O)OC(C)(C)C)=C(\O)c1ccc2c(c1)OCO2. The van der Waals surface area contributed by atoms with Gasteiger partial charge in [0.25, 0.3) is 0 Å². The number of benzene rings is 2. The average molecular weight is 538 g/mol. The Kier molecular flexibility index (Phi) is 9.40. The number of allylic oxidation sites excluding steroid dienone is 1. The first-order valence-electron chi connectivity index (χ1n) is 12.7. The van der Waals surface area contributed by atoms with E-state index in [1.807, 2.05) is 30.3 Å². The molecule has 0 radical (unpaired) electrons. The lowest BCUT2D eigenvalue weighted by molar-refractivity contribution is -0.161. The van der Waals surface area contributed by atoms with Gasteiger partial charge in [-0.05, 0) is 70.2 Å². The van der Waals surface area contributed by atoms with Crippen molar-refractivity contribution >= 4 is 23.6 Å². The maximum absolute atomic E-state index is 13.8. The zero-order valence-electron chi connectivity index (χ0n) is 22.5. The summed E-state index contributed by atoms with van der Waals surface area (Å²) in [6.45, 7) is 8.60. The van der Waals surface area contributed by atoms with Crippen molar-refractivity contribution in [2.75, 3.05) is 13.3 Å². The van der Waals surface area contributed by atoms with E-state index in [0.29, 0.717) is 24.3 Å². The van der Waals surface area contributed by atoms with Crippen molar-refractivity contribution in [2.24, 2.45) is 5.41 Å². The Morgan fingerprint density at radius 1 is 1.05 bits per heavy atom. The zero-order chi connectivity index (χ0) is 28.6. The highest BCUT2D eigenvalue weighted by Gasteiger charge is 2.54. The minimum absolute atomic E-state index is 0.0212. The number of ether oxygens (including phenoxy) is 3. The fourth-order valence-corrected chi connectivity index (χ4v) is 4.28. The Morgan fingerprint density at radius 2 is 1.74 bits per heavy atom. The summed E-state index contributed by atoms with van der Waals surface area (Å²) in [5.41, 5.74) is -3.14. The highest BCUT2D eigenvalue weighted by Crippen LogP contribution is 2.42. The average Bonchev–Trinajstić information content (AvgIpc) is 3.35. The van der Waals surface area contributed by atoms with Crippen LogP contribution in [0.2, 0.25) is 0 Å². The number of hydrogen-bond acceptors (Lipinski definition) is 7. The lowest BCUT2D eigenvalue weighted by Crippen LogP contribution is -2.51. The van der Waals surface area contributed by atoms with Gasteiger partial charge >= 0.3 is 11.9 Å². The van der Waals surface area contributed by atoms with Gasteiger partial charge in [-0.1, -0.05) is 36.4 Å². The Labute approximate surface area is 228 Å². The summed E-state index contributed by atoms with van der Waals surface area (Å²) in [5.74, 6) is -3.58.